The number of carbonyl (C=O) groups excluding carboxylic acids is 2. The largest absolute Gasteiger partial charge is 0.480 e. The van der Waals surface area contributed by atoms with E-state index in [0.29, 0.717) is 24.1 Å². The van der Waals surface area contributed by atoms with E-state index in [1.165, 1.54) is 0 Å². The summed E-state index contributed by atoms with van der Waals surface area (Å²) in [7, 11) is 0. The number of pyridine rings is 1. The van der Waals surface area contributed by atoms with Crippen LogP contribution >= 0.6 is 0 Å². The molecule has 5 rings (SSSR count). The van der Waals surface area contributed by atoms with Gasteiger partial charge in [0.15, 0.2) is 0 Å². The van der Waals surface area contributed by atoms with E-state index in [1.807, 2.05) is 55.5 Å². The Kier molecular flexibility index (Phi) is 7.91. The van der Waals surface area contributed by atoms with Crippen LogP contribution in [-0.2, 0) is 21.4 Å². The number of anilines is 1. The fourth-order valence-corrected chi connectivity index (χ4v) is 5.62. The number of aromatic nitrogens is 1. The Morgan fingerprint density at radius 2 is 1.60 bits per heavy atom. The van der Waals surface area contributed by atoms with Gasteiger partial charge in [0.2, 0.25) is 5.91 Å². The Morgan fingerprint density at radius 1 is 0.900 bits per heavy atom. The molecule has 0 spiro atoms. The number of carboxylic acids is 1. The maximum absolute atomic E-state index is 13.7. The van der Waals surface area contributed by atoms with Gasteiger partial charge in [0.05, 0.1) is 16.5 Å². The monoisotopic (exact) mass is 535 g/mol. The van der Waals surface area contributed by atoms with Gasteiger partial charge in [0, 0.05) is 23.7 Å². The number of carbonyl (C=O) groups is 3. The first-order valence-corrected chi connectivity index (χ1v) is 13.7. The van der Waals surface area contributed by atoms with Crippen molar-refractivity contribution in [2.45, 2.75) is 56.9 Å². The number of rotatable bonds is 8. The van der Waals surface area contributed by atoms with E-state index in [9.17, 15) is 19.5 Å². The Balaban J connectivity index is 1.28. The molecule has 1 aliphatic carbocycles. The van der Waals surface area contributed by atoms with Gasteiger partial charge in [-0.15, -0.1) is 0 Å². The summed E-state index contributed by atoms with van der Waals surface area (Å²) in [4.78, 5) is 43.1. The summed E-state index contributed by atoms with van der Waals surface area (Å²) in [5, 5.41) is 16.5. The molecule has 0 radical (unpaired) electrons. The van der Waals surface area contributed by atoms with Crippen molar-refractivity contribution in [3.63, 3.8) is 0 Å². The number of nitrogens with one attached hydrogen (secondary N) is 2. The highest BCUT2D eigenvalue weighted by Crippen LogP contribution is 2.40. The summed E-state index contributed by atoms with van der Waals surface area (Å²) in [6, 6.07) is 23.1. The minimum atomic E-state index is -1.08. The molecule has 204 valence electrons. The van der Waals surface area contributed by atoms with Crippen molar-refractivity contribution in [1.82, 2.24) is 10.3 Å². The van der Waals surface area contributed by atoms with Gasteiger partial charge in [-0.05, 0) is 55.2 Å². The van der Waals surface area contributed by atoms with Gasteiger partial charge in [-0.2, -0.15) is 0 Å². The minimum absolute atomic E-state index is 0.133. The zero-order valence-electron chi connectivity index (χ0n) is 22.5. The van der Waals surface area contributed by atoms with Crippen molar-refractivity contribution in [3.8, 4) is 0 Å². The summed E-state index contributed by atoms with van der Waals surface area (Å²) >= 11 is 0. The summed E-state index contributed by atoms with van der Waals surface area (Å²) in [5.74, 6) is -1.56. The van der Waals surface area contributed by atoms with Crippen LogP contribution in [0.5, 0.6) is 0 Å². The molecule has 40 heavy (non-hydrogen) atoms. The lowest BCUT2D eigenvalue weighted by Crippen LogP contribution is -2.52. The molecular formula is C33H33N3O4. The lowest BCUT2D eigenvalue weighted by molar-refractivity contribution is -0.143. The molecule has 0 aliphatic heterocycles. The van der Waals surface area contributed by atoms with Crippen LogP contribution in [0, 0.1) is 6.92 Å². The van der Waals surface area contributed by atoms with Crippen molar-refractivity contribution >= 4 is 34.4 Å². The van der Waals surface area contributed by atoms with Crippen molar-refractivity contribution in [3.05, 3.63) is 107 Å². The quantitative estimate of drug-likeness (QED) is 0.264. The summed E-state index contributed by atoms with van der Waals surface area (Å²) in [6.07, 6.45) is 6.09. The number of carboxylic acid groups (broad SMARTS) is 1. The van der Waals surface area contributed by atoms with Crippen molar-refractivity contribution < 1.29 is 19.5 Å². The molecule has 1 fully saturated rings. The maximum atomic E-state index is 13.7. The van der Waals surface area contributed by atoms with Gasteiger partial charge in [0.25, 0.3) is 5.91 Å². The standard InChI is InChI=1S/C33H33N3O4/c1-22-9-13-24(14-10-22)33(18-5-2-6-19-33)32(40)36-29(31(38)39)21-23-11-15-25(16-12-23)35-30(37)27-17-20-34-28-8-4-3-7-26(27)28/h3-4,7-17,20,29H,2,5-6,18-19,21H2,1H3,(H,35,37)(H,36,40)(H,38,39). The third-order valence-corrected chi connectivity index (χ3v) is 7.89. The number of amides is 2. The number of nitrogens with zero attached hydrogens (tertiary/aromatic N) is 1. The van der Waals surface area contributed by atoms with Gasteiger partial charge >= 0.3 is 5.97 Å². The Morgan fingerprint density at radius 3 is 2.30 bits per heavy atom. The van der Waals surface area contributed by atoms with Crippen LogP contribution in [-0.4, -0.2) is 33.9 Å². The molecular weight excluding hydrogens is 502 g/mol. The Labute approximate surface area is 233 Å². The van der Waals surface area contributed by atoms with E-state index in [4.69, 9.17) is 0 Å². The van der Waals surface area contributed by atoms with Crippen LogP contribution in [0.1, 0.15) is 59.2 Å². The van der Waals surface area contributed by atoms with E-state index in [-0.39, 0.29) is 18.2 Å². The van der Waals surface area contributed by atoms with Crippen LogP contribution in [0.3, 0.4) is 0 Å². The number of aryl methyl sites for hydroxylation is 1. The molecule has 7 heteroatoms. The molecule has 1 aliphatic rings. The number of aliphatic carboxylic acids is 1. The molecule has 1 heterocycles. The van der Waals surface area contributed by atoms with E-state index in [1.54, 1.807) is 36.5 Å². The molecule has 7 nitrogen and oxygen atoms in total. The van der Waals surface area contributed by atoms with Gasteiger partial charge < -0.3 is 15.7 Å². The predicted octanol–water partition coefficient (Wildman–Crippen LogP) is 5.81. The van der Waals surface area contributed by atoms with Crippen LogP contribution in [0.15, 0.2) is 85.1 Å². The lowest BCUT2D eigenvalue weighted by atomic mass is 9.68. The van der Waals surface area contributed by atoms with E-state index < -0.39 is 17.4 Å². The zero-order chi connectivity index (χ0) is 28.1. The molecule has 1 aromatic heterocycles. The predicted molar refractivity (Wildman–Crippen MR) is 155 cm³/mol. The second-order valence-corrected chi connectivity index (χ2v) is 10.6. The lowest BCUT2D eigenvalue weighted by Gasteiger charge is -2.37. The molecule has 4 aromatic rings. The van der Waals surface area contributed by atoms with Crippen molar-refractivity contribution in [1.29, 1.82) is 0 Å². The molecule has 0 bridgehead atoms. The molecule has 1 atom stereocenters. The number of hydrogen-bond donors (Lipinski definition) is 3. The molecule has 1 saturated carbocycles. The normalized spacial score (nSPS) is 15.2. The van der Waals surface area contributed by atoms with Gasteiger partial charge in [-0.25, -0.2) is 4.79 Å². The minimum Gasteiger partial charge on any atom is -0.480 e. The highest BCUT2D eigenvalue weighted by atomic mass is 16.4. The average Bonchev–Trinajstić information content (AvgIpc) is 2.98. The number of fused-ring (bicyclic) bond motifs is 1. The van der Waals surface area contributed by atoms with Gasteiger partial charge in [0.1, 0.15) is 6.04 Å². The molecule has 1 unspecified atom stereocenters. The van der Waals surface area contributed by atoms with Crippen LogP contribution in [0.25, 0.3) is 10.9 Å². The van der Waals surface area contributed by atoms with Crippen molar-refractivity contribution in [2.24, 2.45) is 0 Å². The second-order valence-electron chi connectivity index (χ2n) is 10.6. The summed E-state index contributed by atoms with van der Waals surface area (Å²) in [6.45, 7) is 2.01. The Hall–Kier alpha value is -4.52. The zero-order valence-corrected chi connectivity index (χ0v) is 22.5. The molecule has 0 saturated heterocycles. The van der Waals surface area contributed by atoms with Gasteiger partial charge in [-0.3, -0.25) is 14.6 Å². The fourth-order valence-electron chi connectivity index (χ4n) is 5.62. The van der Waals surface area contributed by atoms with E-state index >= 15 is 0 Å². The van der Waals surface area contributed by atoms with Crippen LogP contribution < -0.4 is 10.6 Å². The SMILES string of the molecule is Cc1ccc(C2(C(=O)NC(Cc3ccc(NC(=O)c4ccnc5ccccc45)cc3)C(=O)O)CCCCC2)cc1. The Bertz CT molecular complexity index is 1520. The number of para-hydroxylation sites is 1. The smallest absolute Gasteiger partial charge is 0.326 e. The average molecular weight is 536 g/mol. The van der Waals surface area contributed by atoms with E-state index in [0.717, 1.165) is 46.9 Å². The fraction of sp³-hybridized carbons (Fsp3) is 0.273. The molecule has 3 N–H and O–H groups in total. The highest BCUT2D eigenvalue weighted by molar-refractivity contribution is 6.12. The van der Waals surface area contributed by atoms with E-state index in [2.05, 4.69) is 15.6 Å². The third kappa shape index (κ3) is 5.73. The first kappa shape index (κ1) is 27.1. The third-order valence-electron chi connectivity index (χ3n) is 7.89. The van der Waals surface area contributed by atoms with Crippen LogP contribution in [0.2, 0.25) is 0 Å². The summed E-state index contributed by atoms with van der Waals surface area (Å²) in [5.41, 5.74) is 3.94. The maximum Gasteiger partial charge on any atom is 0.326 e. The van der Waals surface area contributed by atoms with Crippen molar-refractivity contribution in [2.75, 3.05) is 5.32 Å². The van der Waals surface area contributed by atoms with Gasteiger partial charge in [-0.1, -0.05) is 79.4 Å². The first-order chi connectivity index (χ1) is 19.4. The first-order valence-electron chi connectivity index (χ1n) is 13.7. The molecule has 3 aromatic carbocycles. The topological polar surface area (TPSA) is 108 Å². The van der Waals surface area contributed by atoms with Crippen LogP contribution in [0.4, 0.5) is 5.69 Å². The number of hydrogen-bond acceptors (Lipinski definition) is 4. The second kappa shape index (κ2) is 11.7. The molecule has 2 amide bonds. The number of benzene rings is 3. The highest BCUT2D eigenvalue weighted by Gasteiger charge is 2.42. The summed E-state index contributed by atoms with van der Waals surface area (Å²) < 4.78 is 0.